The first-order chi connectivity index (χ1) is 16.1. The van der Waals surface area contributed by atoms with Gasteiger partial charge < -0.3 is 35.3 Å². The number of hydrogen-bond donors (Lipinski definition) is 3. The summed E-state index contributed by atoms with van der Waals surface area (Å²) >= 11 is 0. The minimum Gasteiger partial charge on any atom is -0.488 e. The number of nitrogen functional groups attached to an aromatic ring is 1. The summed E-state index contributed by atoms with van der Waals surface area (Å²) in [4.78, 5) is 0. The minimum absolute atomic E-state index is 0.212. The van der Waals surface area contributed by atoms with E-state index in [1.807, 2.05) is 0 Å². The van der Waals surface area contributed by atoms with Gasteiger partial charge in [-0.3, -0.25) is 0 Å². The third-order valence-electron chi connectivity index (χ3n) is 4.80. The Balaban J connectivity index is 1.55. The maximum absolute atomic E-state index is 13.8. The number of nitrogens with two attached hydrogens (primary N) is 1. The number of ether oxygens (including phenoxy) is 4. The van der Waals surface area contributed by atoms with Gasteiger partial charge in [-0.15, -0.1) is 0 Å². The molecule has 1 aliphatic heterocycles. The van der Waals surface area contributed by atoms with Gasteiger partial charge in [0.05, 0.1) is 11.4 Å². The number of rotatable bonds is 0. The largest absolute Gasteiger partial charge is 0.488 e. The monoisotopic (exact) mass is 457 g/mol. The number of hydrogen-bond acceptors (Lipinski definition) is 7. The molecule has 0 saturated heterocycles. The molecule has 0 atom stereocenters. The highest BCUT2D eigenvalue weighted by Gasteiger charge is 2.11. The molecular formula is C24H25F2N3O4. The zero-order valence-electron chi connectivity index (χ0n) is 17.9. The van der Waals surface area contributed by atoms with Crippen LogP contribution < -0.4 is 35.3 Å². The molecule has 33 heavy (non-hydrogen) atoms. The Morgan fingerprint density at radius 1 is 0.576 bits per heavy atom. The van der Waals surface area contributed by atoms with E-state index in [2.05, 4.69) is 10.6 Å². The van der Waals surface area contributed by atoms with Crippen molar-refractivity contribution in [3.63, 3.8) is 0 Å². The fourth-order valence-corrected chi connectivity index (χ4v) is 3.29. The average molecular weight is 457 g/mol. The topological polar surface area (TPSA) is 87.0 Å². The second-order valence-corrected chi connectivity index (χ2v) is 7.23. The average Bonchev–Trinajstić information content (AvgIpc) is 2.80. The summed E-state index contributed by atoms with van der Waals surface area (Å²) in [6, 6.07) is 13.6. The highest BCUT2D eigenvalue weighted by Crippen LogP contribution is 2.30. The van der Waals surface area contributed by atoms with Gasteiger partial charge in [0.1, 0.15) is 49.6 Å². The van der Waals surface area contributed by atoms with Gasteiger partial charge in [-0.1, -0.05) is 0 Å². The molecule has 0 unspecified atom stereocenters. The van der Waals surface area contributed by atoms with Crippen LogP contribution in [0, 0.1) is 11.6 Å². The van der Waals surface area contributed by atoms with Crippen molar-refractivity contribution >= 4 is 17.1 Å². The summed E-state index contributed by atoms with van der Waals surface area (Å²) in [5, 5.41) is 6.25. The van der Waals surface area contributed by atoms with Crippen LogP contribution in [0.25, 0.3) is 0 Å². The Morgan fingerprint density at radius 2 is 1.06 bits per heavy atom. The van der Waals surface area contributed by atoms with Crippen LogP contribution >= 0.6 is 0 Å². The smallest absolute Gasteiger partial charge is 0.163 e. The van der Waals surface area contributed by atoms with Gasteiger partial charge in [0.2, 0.25) is 0 Å². The number of benzene rings is 3. The summed E-state index contributed by atoms with van der Waals surface area (Å²) in [6.07, 6.45) is 0. The molecule has 0 saturated carbocycles. The van der Waals surface area contributed by atoms with Crippen LogP contribution in [0.2, 0.25) is 0 Å². The van der Waals surface area contributed by atoms with Gasteiger partial charge >= 0.3 is 0 Å². The van der Waals surface area contributed by atoms with Gasteiger partial charge in [0.25, 0.3) is 0 Å². The van der Waals surface area contributed by atoms with Crippen molar-refractivity contribution in [2.24, 2.45) is 0 Å². The number of halogens is 2. The molecule has 1 aliphatic rings. The van der Waals surface area contributed by atoms with Crippen LogP contribution in [0.5, 0.6) is 23.0 Å². The van der Waals surface area contributed by atoms with E-state index in [0.29, 0.717) is 59.8 Å². The lowest BCUT2D eigenvalue weighted by Gasteiger charge is -2.18. The molecular weight excluding hydrogens is 432 g/mol. The van der Waals surface area contributed by atoms with E-state index in [1.54, 1.807) is 30.3 Å². The summed E-state index contributed by atoms with van der Waals surface area (Å²) in [5.74, 6) is 1.20. The lowest BCUT2D eigenvalue weighted by molar-refractivity contribution is 0.218. The zero-order valence-corrected chi connectivity index (χ0v) is 17.9. The predicted octanol–water partition coefficient (Wildman–Crippen LogP) is 4.30. The standard InChI is InChI=1S/C24H25F2N3O4/c25-16-1-4-21-19(13-16)28-7-9-30-23-6-3-18(27)15-24(23)31-10-8-29-20-14-17(26)2-5-22(20)33-12-11-32-21/h1-6,13-15,28-29H,7-12,27H2. The Bertz CT molecular complexity index is 1100. The quantitative estimate of drug-likeness (QED) is 0.434. The fourth-order valence-electron chi connectivity index (χ4n) is 3.29. The van der Waals surface area contributed by atoms with Crippen molar-refractivity contribution in [3.05, 3.63) is 66.2 Å². The first kappa shape index (κ1) is 22.3. The van der Waals surface area contributed by atoms with Crippen molar-refractivity contribution in [1.82, 2.24) is 0 Å². The normalized spacial score (nSPS) is 14.6. The van der Waals surface area contributed by atoms with Crippen LogP contribution in [0.3, 0.4) is 0 Å². The zero-order chi connectivity index (χ0) is 23.0. The third kappa shape index (κ3) is 6.09. The Labute approximate surface area is 190 Å². The molecule has 0 aliphatic carbocycles. The molecule has 4 rings (SSSR count). The molecule has 0 radical (unpaired) electrons. The molecule has 0 amide bonds. The Morgan fingerprint density at radius 3 is 1.64 bits per heavy atom. The van der Waals surface area contributed by atoms with Crippen molar-refractivity contribution in [2.45, 2.75) is 0 Å². The Hall–Kier alpha value is -3.88. The van der Waals surface area contributed by atoms with Crippen molar-refractivity contribution in [2.75, 3.05) is 55.9 Å². The van der Waals surface area contributed by atoms with E-state index in [1.165, 1.54) is 24.3 Å². The molecule has 0 spiro atoms. The van der Waals surface area contributed by atoms with E-state index in [0.717, 1.165) is 0 Å². The van der Waals surface area contributed by atoms with Gasteiger partial charge in [-0.2, -0.15) is 0 Å². The molecule has 7 nitrogen and oxygen atoms in total. The van der Waals surface area contributed by atoms with Crippen molar-refractivity contribution < 1.29 is 27.7 Å². The molecule has 9 heteroatoms. The van der Waals surface area contributed by atoms with Gasteiger partial charge in [0, 0.05) is 37.0 Å². The molecule has 4 N–H and O–H groups in total. The second kappa shape index (κ2) is 10.6. The van der Waals surface area contributed by atoms with Crippen molar-refractivity contribution in [3.8, 4) is 23.0 Å². The van der Waals surface area contributed by atoms with Crippen LogP contribution in [0.4, 0.5) is 25.8 Å². The van der Waals surface area contributed by atoms with E-state index in [-0.39, 0.29) is 25.6 Å². The van der Waals surface area contributed by atoms with Gasteiger partial charge in [-0.05, 0) is 36.4 Å². The van der Waals surface area contributed by atoms with Crippen LogP contribution in [-0.2, 0) is 0 Å². The SMILES string of the molecule is Nc1ccc2c(c1)OCCNc1cc(F)ccc1OCCOc1ccc(F)cc1NCCO2. The summed E-state index contributed by atoms with van der Waals surface area (Å²) in [5.41, 5.74) is 7.42. The Kier molecular flexibility index (Phi) is 7.19. The lowest BCUT2D eigenvalue weighted by Crippen LogP contribution is -2.17. The molecule has 0 aromatic heterocycles. The summed E-state index contributed by atoms with van der Waals surface area (Å²) in [7, 11) is 0. The van der Waals surface area contributed by atoms with E-state index in [4.69, 9.17) is 24.7 Å². The van der Waals surface area contributed by atoms with Crippen LogP contribution in [-0.4, -0.2) is 39.5 Å². The van der Waals surface area contributed by atoms with Crippen LogP contribution in [0.1, 0.15) is 0 Å². The maximum atomic E-state index is 13.8. The first-order valence-corrected chi connectivity index (χ1v) is 10.6. The lowest BCUT2D eigenvalue weighted by atomic mass is 10.2. The minimum atomic E-state index is -0.391. The molecule has 3 aromatic carbocycles. The number of anilines is 3. The molecule has 174 valence electrons. The summed E-state index contributed by atoms with van der Waals surface area (Å²) in [6.45, 7) is 1.80. The molecule has 0 fully saturated rings. The number of nitrogens with one attached hydrogen (secondary N) is 2. The van der Waals surface area contributed by atoms with Gasteiger partial charge in [-0.25, -0.2) is 8.78 Å². The highest BCUT2D eigenvalue weighted by molar-refractivity contribution is 5.58. The third-order valence-corrected chi connectivity index (χ3v) is 4.80. The molecule has 1 heterocycles. The predicted molar refractivity (Wildman–Crippen MR) is 123 cm³/mol. The molecule has 0 bridgehead atoms. The fraction of sp³-hybridized carbons (Fsp3) is 0.250. The number of fused-ring (bicyclic) bond motifs is 3. The first-order valence-electron chi connectivity index (χ1n) is 10.6. The van der Waals surface area contributed by atoms with Gasteiger partial charge in [0.15, 0.2) is 11.5 Å². The second-order valence-electron chi connectivity index (χ2n) is 7.23. The van der Waals surface area contributed by atoms with Crippen molar-refractivity contribution in [1.29, 1.82) is 0 Å². The van der Waals surface area contributed by atoms with Crippen LogP contribution in [0.15, 0.2) is 54.6 Å². The molecule has 3 aromatic rings. The van der Waals surface area contributed by atoms with E-state index < -0.39 is 5.82 Å². The highest BCUT2D eigenvalue weighted by atomic mass is 19.1. The van der Waals surface area contributed by atoms with E-state index >= 15 is 0 Å². The summed E-state index contributed by atoms with van der Waals surface area (Å²) < 4.78 is 50.8. The maximum Gasteiger partial charge on any atom is 0.163 e. The van der Waals surface area contributed by atoms with E-state index in [9.17, 15) is 8.78 Å².